The van der Waals surface area contributed by atoms with Crippen LogP contribution in [0.4, 0.5) is 0 Å². The Morgan fingerprint density at radius 2 is 1.88 bits per heavy atom. The standard InChI is InChI=1S/C21H33NO2/c1-20-10-7-16-14(15(20)5-3-13(20)9-12-23)4-6-17-19(22)18(24)8-11-21(16,17)2/h13-16,23H,3-12,22H2,1-2H3/t13-,14+,15+,16+,20-,21-/m1/s1. The Morgan fingerprint density at radius 1 is 1.08 bits per heavy atom. The molecule has 3 heteroatoms. The number of ketones is 1. The molecule has 0 spiro atoms. The summed E-state index contributed by atoms with van der Waals surface area (Å²) in [4.78, 5) is 12.1. The number of carbonyl (C=O) groups excluding carboxylic acids is 1. The van der Waals surface area contributed by atoms with Crippen molar-refractivity contribution in [3.63, 3.8) is 0 Å². The second-order valence-electron chi connectivity index (χ2n) is 9.48. The van der Waals surface area contributed by atoms with Crippen molar-refractivity contribution in [3.8, 4) is 0 Å². The van der Waals surface area contributed by atoms with Crippen molar-refractivity contribution in [3.05, 3.63) is 11.3 Å². The summed E-state index contributed by atoms with van der Waals surface area (Å²) in [6, 6.07) is 0. The van der Waals surface area contributed by atoms with Gasteiger partial charge in [-0.15, -0.1) is 0 Å². The third-order valence-electron chi connectivity index (χ3n) is 8.84. The number of hydrogen-bond acceptors (Lipinski definition) is 3. The van der Waals surface area contributed by atoms with Crippen LogP contribution in [0.25, 0.3) is 0 Å². The first-order valence-electron chi connectivity index (χ1n) is 10.0. The van der Waals surface area contributed by atoms with Gasteiger partial charge >= 0.3 is 0 Å². The molecular weight excluding hydrogens is 298 g/mol. The van der Waals surface area contributed by atoms with E-state index in [0.29, 0.717) is 36.0 Å². The van der Waals surface area contributed by atoms with Gasteiger partial charge in [-0.25, -0.2) is 0 Å². The van der Waals surface area contributed by atoms with Gasteiger partial charge in [-0.3, -0.25) is 4.79 Å². The molecule has 4 aliphatic carbocycles. The van der Waals surface area contributed by atoms with Crippen LogP contribution in [0.3, 0.4) is 0 Å². The number of aliphatic hydroxyl groups excluding tert-OH is 1. The summed E-state index contributed by atoms with van der Waals surface area (Å²) in [5, 5.41) is 9.46. The van der Waals surface area contributed by atoms with E-state index >= 15 is 0 Å². The maximum absolute atomic E-state index is 12.1. The van der Waals surface area contributed by atoms with E-state index in [1.54, 1.807) is 0 Å². The van der Waals surface area contributed by atoms with E-state index in [9.17, 15) is 9.90 Å². The van der Waals surface area contributed by atoms with Gasteiger partial charge in [0.05, 0.1) is 5.70 Å². The molecule has 0 aliphatic heterocycles. The minimum absolute atomic E-state index is 0.164. The molecule has 0 heterocycles. The third kappa shape index (κ3) is 2.09. The Labute approximate surface area is 146 Å². The number of carbonyl (C=O) groups is 1. The number of aliphatic hydroxyl groups is 1. The van der Waals surface area contributed by atoms with E-state index < -0.39 is 0 Å². The van der Waals surface area contributed by atoms with Crippen LogP contribution in [0.2, 0.25) is 0 Å². The molecule has 6 atom stereocenters. The molecule has 0 amide bonds. The van der Waals surface area contributed by atoms with Crippen LogP contribution < -0.4 is 5.73 Å². The third-order valence-corrected chi connectivity index (χ3v) is 8.84. The molecule has 4 rings (SSSR count). The van der Waals surface area contributed by atoms with Crippen molar-refractivity contribution < 1.29 is 9.90 Å². The summed E-state index contributed by atoms with van der Waals surface area (Å²) in [6.07, 6.45) is 10.1. The molecule has 0 aromatic carbocycles. The van der Waals surface area contributed by atoms with Gasteiger partial charge in [0.25, 0.3) is 0 Å². The summed E-state index contributed by atoms with van der Waals surface area (Å²) in [5.74, 6) is 3.20. The summed E-state index contributed by atoms with van der Waals surface area (Å²) in [6.45, 7) is 5.25. The monoisotopic (exact) mass is 331 g/mol. The number of allylic oxidation sites excluding steroid dienone is 1. The van der Waals surface area contributed by atoms with Crippen LogP contribution >= 0.6 is 0 Å². The van der Waals surface area contributed by atoms with E-state index in [-0.39, 0.29) is 11.2 Å². The smallest absolute Gasteiger partial charge is 0.178 e. The SMILES string of the molecule is C[C@]12CC[C@H]3[C@@H](CCC4=C(N)C(=O)CC[C@@]43C)[C@@H]1CC[C@@H]2CCO. The molecule has 0 aromatic rings. The first-order valence-corrected chi connectivity index (χ1v) is 10.0. The molecule has 4 aliphatic rings. The molecule has 3 nitrogen and oxygen atoms in total. The highest BCUT2D eigenvalue weighted by atomic mass is 16.3. The maximum atomic E-state index is 12.1. The average molecular weight is 332 g/mol. The van der Waals surface area contributed by atoms with Gasteiger partial charge < -0.3 is 10.8 Å². The second kappa shape index (κ2) is 5.59. The number of rotatable bonds is 2. The molecule has 3 N–H and O–H groups in total. The van der Waals surface area contributed by atoms with E-state index in [4.69, 9.17) is 5.73 Å². The zero-order valence-corrected chi connectivity index (χ0v) is 15.3. The van der Waals surface area contributed by atoms with Crippen LogP contribution in [0.15, 0.2) is 11.3 Å². The highest BCUT2D eigenvalue weighted by Crippen LogP contribution is 2.67. The van der Waals surface area contributed by atoms with Crippen molar-refractivity contribution >= 4 is 5.78 Å². The number of fused-ring (bicyclic) bond motifs is 5. The number of hydrogen-bond donors (Lipinski definition) is 2. The first-order chi connectivity index (χ1) is 11.4. The molecule has 134 valence electrons. The van der Waals surface area contributed by atoms with Crippen LogP contribution in [-0.4, -0.2) is 17.5 Å². The zero-order valence-electron chi connectivity index (χ0n) is 15.3. The largest absolute Gasteiger partial charge is 0.396 e. The van der Waals surface area contributed by atoms with Gasteiger partial charge in [0.2, 0.25) is 0 Å². The summed E-state index contributed by atoms with van der Waals surface area (Å²) >= 11 is 0. The quantitative estimate of drug-likeness (QED) is 0.809. The van der Waals surface area contributed by atoms with Gasteiger partial charge in [-0.2, -0.15) is 0 Å². The van der Waals surface area contributed by atoms with Crippen molar-refractivity contribution in [2.75, 3.05) is 6.61 Å². The highest BCUT2D eigenvalue weighted by Gasteiger charge is 2.59. The van der Waals surface area contributed by atoms with Gasteiger partial charge in [-0.05, 0) is 91.4 Å². The van der Waals surface area contributed by atoms with Crippen LogP contribution in [0.1, 0.15) is 71.6 Å². The van der Waals surface area contributed by atoms with Crippen molar-refractivity contribution in [2.45, 2.75) is 71.6 Å². The van der Waals surface area contributed by atoms with Gasteiger partial charge in [0, 0.05) is 13.0 Å². The first kappa shape index (κ1) is 16.6. The predicted molar refractivity (Wildman–Crippen MR) is 95.0 cm³/mol. The zero-order chi connectivity index (χ0) is 17.1. The lowest BCUT2D eigenvalue weighted by molar-refractivity contribution is -0.118. The lowest BCUT2D eigenvalue weighted by atomic mass is 9.46. The molecule has 0 saturated heterocycles. The Bertz CT molecular complexity index is 582. The summed E-state index contributed by atoms with van der Waals surface area (Å²) in [5.41, 5.74) is 8.74. The van der Waals surface area contributed by atoms with E-state index in [2.05, 4.69) is 13.8 Å². The van der Waals surface area contributed by atoms with Gasteiger partial charge in [0.1, 0.15) is 0 Å². The fourth-order valence-electron chi connectivity index (χ4n) is 7.50. The Balaban J connectivity index is 1.66. The molecule has 3 saturated carbocycles. The lowest BCUT2D eigenvalue weighted by Crippen LogP contribution is -2.51. The topological polar surface area (TPSA) is 63.3 Å². The van der Waals surface area contributed by atoms with Crippen LogP contribution in [-0.2, 0) is 4.79 Å². The van der Waals surface area contributed by atoms with E-state index in [1.165, 1.54) is 37.7 Å². The highest BCUT2D eigenvalue weighted by molar-refractivity contribution is 5.96. The molecular formula is C21H33NO2. The van der Waals surface area contributed by atoms with Gasteiger partial charge in [0.15, 0.2) is 5.78 Å². The molecule has 24 heavy (non-hydrogen) atoms. The Morgan fingerprint density at radius 3 is 2.62 bits per heavy atom. The van der Waals surface area contributed by atoms with Crippen molar-refractivity contribution in [1.29, 1.82) is 0 Å². The Hall–Kier alpha value is -0.830. The lowest BCUT2D eigenvalue weighted by Gasteiger charge is -2.58. The fourth-order valence-corrected chi connectivity index (χ4v) is 7.50. The number of Topliss-reactive ketones (excluding diaryl/α,β-unsaturated/α-hetero) is 1. The molecule has 0 bridgehead atoms. The van der Waals surface area contributed by atoms with E-state index in [0.717, 1.165) is 31.1 Å². The van der Waals surface area contributed by atoms with Crippen LogP contribution in [0.5, 0.6) is 0 Å². The summed E-state index contributed by atoms with van der Waals surface area (Å²) < 4.78 is 0. The molecule has 0 radical (unpaired) electrons. The van der Waals surface area contributed by atoms with E-state index in [1.807, 2.05) is 0 Å². The normalized spacial score (nSPS) is 48.0. The molecule has 0 unspecified atom stereocenters. The molecule has 0 aromatic heterocycles. The minimum atomic E-state index is 0.164. The maximum Gasteiger partial charge on any atom is 0.178 e. The fraction of sp³-hybridized carbons (Fsp3) is 0.857. The Kier molecular flexibility index (Phi) is 3.87. The van der Waals surface area contributed by atoms with Gasteiger partial charge in [-0.1, -0.05) is 13.8 Å². The summed E-state index contributed by atoms with van der Waals surface area (Å²) in [7, 11) is 0. The van der Waals surface area contributed by atoms with Crippen molar-refractivity contribution in [2.24, 2.45) is 40.2 Å². The average Bonchev–Trinajstić information content (AvgIpc) is 2.89. The molecule has 3 fully saturated rings. The van der Waals surface area contributed by atoms with Crippen LogP contribution in [0, 0.1) is 34.5 Å². The minimum Gasteiger partial charge on any atom is -0.396 e. The van der Waals surface area contributed by atoms with Crippen molar-refractivity contribution in [1.82, 2.24) is 0 Å². The number of nitrogens with two attached hydrogens (primary N) is 1. The second-order valence-corrected chi connectivity index (χ2v) is 9.48. The predicted octanol–water partition coefficient (Wildman–Crippen LogP) is 3.80.